The Hall–Kier alpha value is -2.87. The first-order valence-electron chi connectivity index (χ1n) is 8.95. The molecular formula is C19H21ClN4O4. The highest BCUT2D eigenvalue weighted by molar-refractivity contribution is 6.30. The van der Waals surface area contributed by atoms with Crippen molar-refractivity contribution in [3.05, 3.63) is 56.5 Å². The third-order valence-electron chi connectivity index (χ3n) is 4.14. The Morgan fingerprint density at radius 1 is 1.21 bits per heavy atom. The van der Waals surface area contributed by atoms with E-state index >= 15 is 0 Å². The number of nitrogens with zero attached hydrogens (tertiary/aromatic N) is 4. The fourth-order valence-electron chi connectivity index (χ4n) is 2.99. The van der Waals surface area contributed by atoms with Crippen molar-refractivity contribution in [2.75, 3.05) is 6.61 Å². The highest BCUT2D eigenvalue weighted by Crippen LogP contribution is 2.16. The number of halogens is 1. The summed E-state index contributed by atoms with van der Waals surface area (Å²) in [4.78, 5) is 42.3. The normalized spacial score (nSPS) is 11.3. The zero-order valence-corrected chi connectivity index (χ0v) is 16.6. The molecule has 9 heteroatoms. The van der Waals surface area contributed by atoms with Crippen molar-refractivity contribution < 1.29 is 9.53 Å². The fraction of sp³-hybridized carbons (Fsp3) is 0.368. The molecule has 0 amide bonds. The number of imidazole rings is 1. The first-order chi connectivity index (χ1) is 13.3. The van der Waals surface area contributed by atoms with Gasteiger partial charge in [-0.2, -0.15) is 0 Å². The van der Waals surface area contributed by atoms with E-state index in [0.717, 1.165) is 0 Å². The maximum absolute atomic E-state index is 13.1. The molecule has 0 radical (unpaired) electrons. The Morgan fingerprint density at radius 2 is 1.89 bits per heavy atom. The standard InChI is InChI=1S/C19H21ClN4O4/c1-4-28-15(25)10-22-11-21-17-16(22)18(26)23(9-12(2)3)19(27)24(17)14-7-5-13(20)6-8-14/h5-8,11-12H,4,9-10H2,1-3H3. The minimum absolute atomic E-state index is 0.0722. The lowest BCUT2D eigenvalue weighted by molar-refractivity contribution is -0.143. The third kappa shape index (κ3) is 3.73. The SMILES string of the molecule is CCOC(=O)Cn1cnc2c1c(=O)n(CC(C)C)c(=O)n2-c1ccc(Cl)cc1. The summed E-state index contributed by atoms with van der Waals surface area (Å²) in [6.45, 7) is 5.85. The van der Waals surface area contributed by atoms with E-state index in [1.165, 1.54) is 20.0 Å². The van der Waals surface area contributed by atoms with Crippen molar-refractivity contribution in [3.8, 4) is 5.69 Å². The van der Waals surface area contributed by atoms with E-state index in [9.17, 15) is 14.4 Å². The zero-order valence-electron chi connectivity index (χ0n) is 15.9. The van der Waals surface area contributed by atoms with E-state index in [0.29, 0.717) is 10.7 Å². The van der Waals surface area contributed by atoms with Crippen LogP contribution in [0.25, 0.3) is 16.9 Å². The number of fused-ring (bicyclic) bond motifs is 1. The van der Waals surface area contributed by atoms with E-state index in [4.69, 9.17) is 16.3 Å². The Kier molecular flexibility index (Phi) is 5.69. The summed E-state index contributed by atoms with van der Waals surface area (Å²) in [6, 6.07) is 6.67. The van der Waals surface area contributed by atoms with Crippen molar-refractivity contribution >= 4 is 28.7 Å². The van der Waals surface area contributed by atoms with Gasteiger partial charge >= 0.3 is 11.7 Å². The molecule has 0 N–H and O–H groups in total. The van der Waals surface area contributed by atoms with E-state index in [-0.39, 0.29) is 36.8 Å². The van der Waals surface area contributed by atoms with Gasteiger partial charge in [0, 0.05) is 11.6 Å². The molecule has 2 aromatic heterocycles. The number of aromatic nitrogens is 4. The molecule has 0 bridgehead atoms. The molecule has 3 rings (SSSR count). The molecule has 0 saturated heterocycles. The Morgan fingerprint density at radius 3 is 2.50 bits per heavy atom. The van der Waals surface area contributed by atoms with Gasteiger partial charge in [-0.1, -0.05) is 25.4 Å². The van der Waals surface area contributed by atoms with Crippen LogP contribution in [0, 0.1) is 5.92 Å². The Balaban J connectivity index is 2.31. The Labute approximate surface area is 165 Å². The molecule has 1 aromatic carbocycles. The summed E-state index contributed by atoms with van der Waals surface area (Å²) < 4.78 is 8.92. The van der Waals surface area contributed by atoms with Crippen molar-refractivity contribution in [1.29, 1.82) is 0 Å². The van der Waals surface area contributed by atoms with Gasteiger partial charge in [0.15, 0.2) is 11.2 Å². The van der Waals surface area contributed by atoms with Gasteiger partial charge in [0.05, 0.1) is 18.6 Å². The van der Waals surface area contributed by atoms with Crippen LogP contribution in [0.5, 0.6) is 0 Å². The highest BCUT2D eigenvalue weighted by atomic mass is 35.5. The summed E-state index contributed by atoms with van der Waals surface area (Å²) >= 11 is 5.96. The van der Waals surface area contributed by atoms with Crippen molar-refractivity contribution in [3.63, 3.8) is 0 Å². The molecule has 0 aliphatic heterocycles. The van der Waals surface area contributed by atoms with Gasteiger partial charge < -0.3 is 9.30 Å². The number of esters is 1. The van der Waals surface area contributed by atoms with Crippen LogP contribution in [0.4, 0.5) is 0 Å². The molecule has 3 aromatic rings. The second kappa shape index (κ2) is 8.02. The van der Waals surface area contributed by atoms with Crippen molar-refractivity contribution in [2.24, 2.45) is 5.92 Å². The van der Waals surface area contributed by atoms with Crippen molar-refractivity contribution in [1.82, 2.24) is 18.7 Å². The lowest BCUT2D eigenvalue weighted by Gasteiger charge is -2.14. The van der Waals surface area contributed by atoms with Gasteiger partial charge in [-0.3, -0.25) is 14.2 Å². The van der Waals surface area contributed by atoms with Crippen LogP contribution in [0.2, 0.25) is 5.02 Å². The van der Waals surface area contributed by atoms with E-state index in [1.807, 2.05) is 13.8 Å². The maximum atomic E-state index is 13.1. The number of hydrogen-bond donors (Lipinski definition) is 0. The van der Waals surface area contributed by atoms with Gasteiger partial charge in [0.25, 0.3) is 5.56 Å². The lowest BCUT2D eigenvalue weighted by atomic mass is 10.2. The number of carbonyl (C=O) groups is 1. The van der Waals surface area contributed by atoms with Crippen LogP contribution < -0.4 is 11.2 Å². The Bertz CT molecular complexity index is 1130. The summed E-state index contributed by atoms with van der Waals surface area (Å²) in [5, 5.41) is 0.524. The van der Waals surface area contributed by atoms with Gasteiger partial charge in [0.1, 0.15) is 6.54 Å². The third-order valence-corrected chi connectivity index (χ3v) is 4.39. The average molecular weight is 405 g/mol. The summed E-state index contributed by atoms with van der Waals surface area (Å²) in [5.74, 6) is -0.413. The largest absolute Gasteiger partial charge is 0.465 e. The van der Waals surface area contributed by atoms with Gasteiger partial charge in [0.2, 0.25) is 0 Å². The second-order valence-electron chi connectivity index (χ2n) is 6.75. The smallest absolute Gasteiger partial charge is 0.337 e. The molecule has 0 atom stereocenters. The first kappa shape index (κ1) is 19.9. The molecule has 0 saturated carbocycles. The topological polar surface area (TPSA) is 88.1 Å². The van der Waals surface area contributed by atoms with Gasteiger partial charge in [-0.25, -0.2) is 14.3 Å². The fourth-order valence-corrected chi connectivity index (χ4v) is 3.12. The monoisotopic (exact) mass is 404 g/mol. The lowest BCUT2D eigenvalue weighted by Crippen LogP contribution is -2.41. The minimum atomic E-state index is -0.491. The van der Waals surface area contributed by atoms with E-state index < -0.39 is 17.2 Å². The van der Waals surface area contributed by atoms with Crippen LogP contribution in [0.1, 0.15) is 20.8 Å². The van der Waals surface area contributed by atoms with E-state index in [2.05, 4.69) is 4.98 Å². The predicted octanol–water partition coefficient (Wildman–Crippen LogP) is 2.22. The van der Waals surface area contributed by atoms with Crippen LogP contribution in [-0.4, -0.2) is 31.3 Å². The molecule has 0 spiro atoms. The van der Waals surface area contributed by atoms with Gasteiger partial charge in [-0.15, -0.1) is 0 Å². The quantitative estimate of drug-likeness (QED) is 0.588. The van der Waals surface area contributed by atoms with Crippen molar-refractivity contribution in [2.45, 2.75) is 33.9 Å². The average Bonchev–Trinajstić information content (AvgIpc) is 3.03. The van der Waals surface area contributed by atoms with Crippen LogP contribution in [0.3, 0.4) is 0 Å². The minimum Gasteiger partial charge on any atom is -0.465 e. The van der Waals surface area contributed by atoms with Gasteiger partial charge in [-0.05, 0) is 37.1 Å². The second-order valence-corrected chi connectivity index (χ2v) is 7.19. The number of ether oxygens (including phenoxy) is 1. The molecule has 0 aliphatic rings. The summed E-state index contributed by atoms with van der Waals surface area (Å²) in [5.41, 5.74) is -0.0983. The number of carbonyl (C=O) groups excluding carboxylic acids is 1. The molecule has 2 heterocycles. The molecule has 8 nitrogen and oxygen atoms in total. The highest BCUT2D eigenvalue weighted by Gasteiger charge is 2.20. The number of benzene rings is 1. The predicted molar refractivity (Wildman–Crippen MR) is 106 cm³/mol. The van der Waals surface area contributed by atoms with E-state index in [1.54, 1.807) is 31.2 Å². The summed E-state index contributed by atoms with van der Waals surface area (Å²) in [7, 11) is 0. The van der Waals surface area contributed by atoms with Crippen LogP contribution in [0.15, 0.2) is 40.2 Å². The first-order valence-corrected chi connectivity index (χ1v) is 9.33. The molecular weight excluding hydrogens is 384 g/mol. The number of rotatable bonds is 6. The maximum Gasteiger partial charge on any atom is 0.337 e. The molecule has 28 heavy (non-hydrogen) atoms. The molecule has 0 unspecified atom stereocenters. The number of hydrogen-bond acceptors (Lipinski definition) is 5. The molecule has 148 valence electrons. The molecule has 0 aliphatic carbocycles. The van der Waals surface area contributed by atoms with Crippen LogP contribution >= 0.6 is 11.6 Å². The van der Waals surface area contributed by atoms with Crippen LogP contribution in [-0.2, 0) is 22.6 Å². The summed E-state index contributed by atoms with van der Waals surface area (Å²) in [6.07, 6.45) is 1.37. The molecule has 0 fully saturated rings. The zero-order chi connectivity index (χ0) is 20.4.